The summed E-state index contributed by atoms with van der Waals surface area (Å²) in [5.74, 6) is -0.742. The van der Waals surface area contributed by atoms with Gasteiger partial charge >= 0.3 is 0 Å². The Kier molecular flexibility index (Phi) is 8.01. The highest BCUT2D eigenvalue weighted by Gasteiger charge is 2.44. The average molecular weight is 557 g/mol. The molecule has 4 rings (SSSR count). The van der Waals surface area contributed by atoms with Gasteiger partial charge in [-0.15, -0.1) is 0 Å². The van der Waals surface area contributed by atoms with Crippen molar-refractivity contribution >= 4 is 29.5 Å². The van der Waals surface area contributed by atoms with Gasteiger partial charge in [0.15, 0.2) is 12.0 Å². The number of nitrogens with zero attached hydrogens (tertiary/aromatic N) is 4. The van der Waals surface area contributed by atoms with E-state index in [1.54, 1.807) is 67.7 Å². The SMILES string of the molecule is COC(c1ccc(Cl)cc1)(c1c(F)cc(C(C)(O)c2ccn(C)n2)cc1C=O)N(C)Cc1ccc(Cl)cn1. The Labute approximate surface area is 230 Å². The van der Waals surface area contributed by atoms with Crippen molar-refractivity contribution in [1.82, 2.24) is 19.7 Å². The van der Waals surface area contributed by atoms with E-state index in [-0.39, 0.29) is 23.2 Å². The van der Waals surface area contributed by atoms with E-state index < -0.39 is 17.1 Å². The van der Waals surface area contributed by atoms with Crippen LogP contribution >= 0.6 is 23.2 Å². The predicted octanol–water partition coefficient (Wildman–Crippen LogP) is 5.31. The molecule has 2 heterocycles. The summed E-state index contributed by atoms with van der Waals surface area (Å²) < 4.78 is 23.9. The normalized spacial score (nSPS) is 14.8. The summed E-state index contributed by atoms with van der Waals surface area (Å²) in [7, 11) is 4.89. The third kappa shape index (κ3) is 5.10. The maximum absolute atomic E-state index is 16.3. The quantitative estimate of drug-likeness (QED) is 0.222. The molecule has 0 aliphatic heterocycles. The van der Waals surface area contributed by atoms with Gasteiger partial charge in [-0.05, 0) is 62.0 Å². The summed E-state index contributed by atoms with van der Waals surface area (Å²) in [6.45, 7) is 1.72. The molecule has 2 atom stereocenters. The van der Waals surface area contributed by atoms with Gasteiger partial charge in [-0.25, -0.2) is 4.39 Å². The maximum Gasteiger partial charge on any atom is 0.177 e. The topological polar surface area (TPSA) is 80.5 Å². The van der Waals surface area contributed by atoms with Crippen LogP contribution in [-0.2, 0) is 29.7 Å². The van der Waals surface area contributed by atoms with Gasteiger partial charge in [-0.2, -0.15) is 5.10 Å². The first-order valence-corrected chi connectivity index (χ1v) is 12.4. The van der Waals surface area contributed by atoms with E-state index in [0.29, 0.717) is 33.3 Å². The molecule has 0 aliphatic carbocycles. The maximum atomic E-state index is 16.3. The molecule has 7 nitrogen and oxygen atoms in total. The summed E-state index contributed by atoms with van der Waals surface area (Å²) in [6, 6.07) is 14.5. The number of benzene rings is 2. The van der Waals surface area contributed by atoms with Gasteiger partial charge in [0.1, 0.15) is 11.4 Å². The van der Waals surface area contributed by atoms with E-state index >= 15 is 4.39 Å². The Morgan fingerprint density at radius 2 is 1.79 bits per heavy atom. The molecule has 10 heteroatoms. The van der Waals surface area contributed by atoms with Crippen LogP contribution in [0, 0.1) is 5.82 Å². The van der Waals surface area contributed by atoms with Gasteiger partial charge in [-0.3, -0.25) is 19.4 Å². The fourth-order valence-corrected chi connectivity index (χ4v) is 4.88. The molecule has 0 saturated carbocycles. The van der Waals surface area contributed by atoms with E-state index in [2.05, 4.69) is 10.1 Å². The first-order valence-electron chi connectivity index (χ1n) is 11.7. The third-order valence-corrected chi connectivity index (χ3v) is 7.09. The lowest BCUT2D eigenvalue weighted by atomic mass is 9.84. The molecule has 0 bridgehead atoms. The first kappa shape index (κ1) is 27.9. The summed E-state index contributed by atoms with van der Waals surface area (Å²) in [6.07, 6.45) is 3.74. The number of hydrogen-bond donors (Lipinski definition) is 1. The molecule has 2 aromatic heterocycles. The monoisotopic (exact) mass is 556 g/mol. The molecule has 2 aromatic carbocycles. The molecule has 1 N–H and O–H groups in total. The Balaban J connectivity index is 1.93. The standard InChI is InChI=1S/C28H27Cl2FN4O3/c1-27(37,25-11-12-35(3)33-25)20-13-18(17-36)26(24(31)14-20)28(38-4,19-5-7-21(29)8-6-19)34(2)16-23-10-9-22(30)15-32-23/h5-15,17,37H,16H2,1-4H3. The molecule has 198 valence electrons. The lowest BCUT2D eigenvalue weighted by Gasteiger charge is -2.42. The van der Waals surface area contributed by atoms with Gasteiger partial charge in [0.2, 0.25) is 0 Å². The van der Waals surface area contributed by atoms with Crippen LogP contribution < -0.4 is 0 Å². The van der Waals surface area contributed by atoms with Crippen LogP contribution in [0.5, 0.6) is 0 Å². The van der Waals surface area contributed by atoms with E-state index in [1.165, 1.54) is 37.0 Å². The molecule has 0 amide bonds. The molecule has 4 aromatic rings. The van der Waals surface area contributed by atoms with Crippen LogP contribution in [0.15, 0.2) is 67.0 Å². The van der Waals surface area contributed by atoms with Gasteiger partial charge in [0.25, 0.3) is 0 Å². The fraction of sp³-hybridized carbons (Fsp3) is 0.250. The van der Waals surface area contributed by atoms with Crippen LogP contribution in [0.3, 0.4) is 0 Å². The number of aryl methyl sites for hydroxylation is 1. The molecule has 0 aliphatic rings. The predicted molar refractivity (Wildman–Crippen MR) is 144 cm³/mol. The molecule has 0 fully saturated rings. The van der Waals surface area contributed by atoms with Gasteiger partial charge in [0, 0.05) is 54.8 Å². The van der Waals surface area contributed by atoms with Gasteiger partial charge < -0.3 is 9.84 Å². The van der Waals surface area contributed by atoms with E-state index in [1.807, 2.05) is 0 Å². The van der Waals surface area contributed by atoms with E-state index in [0.717, 1.165) is 0 Å². The minimum Gasteiger partial charge on any atom is -0.379 e. The number of methoxy groups -OCH3 is 1. The second-order valence-corrected chi connectivity index (χ2v) is 10.0. The lowest BCUT2D eigenvalue weighted by Crippen LogP contribution is -2.47. The van der Waals surface area contributed by atoms with Crippen molar-refractivity contribution in [3.8, 4) is 0 Å². The summed E-state index contributed by atoms with van der Waals surface area (Å²) in [5, 5.41) is 16.5. The number of halogens is 3. The largest absolute Gasteiger partial charge is 0.379 e. The summed E-state index contributed by atoms with van der Waals surface area (Å²) in [5.41, 5.74) is -1.58. The van der Waals surface area contributed by atoms with E-state index in [4.69, 9.17) is 27.9 Å². The number of hydrogen-bond acceptors (Lipinski definition) is 6. The van der Waals surface area contributed by atoms with Crippen molar-refractivity contribution in [2.75, 3.05) is 14.2 Å². The van der Waals surface area contributed by atoms with Crippen molar-refractivity contribution in [3.05, 3.63) is 116 Å². The number of aldehydes is 1. The average Bonchev–Trinajstić information content (AvgIpc) is 3.34. The molecule has 0 radical (unpaired) electrons. The number of rotatable bonds is 9. The zero-order chi connectivity index (χ0) is 27.7. The Morgan fingerprint density at radius 1 is 1.11 bits per heavy atom. The lowest BCUT2D eigenvalue weighted by molar-refractivity contribution is -0.107. The molecule has 38 heavy (non-hydrogen) atoms. The molecular formula is C28H27Cl2FN4O3. The highest BCUT2D eigenvalue weighted by molar-refractivity contribution is 6.30. The van der Waals surface area contributed by atoms with Gasteiger partial charge in [-0.1, -0.05) is 35.3 Å². The number of aromatic nitrogens is 3. The van der Waals surface area contributed by atoms with Crippen molar-refractivity contribution in [1.29, 1.82) is 0 Å². The minimum absolute atomic E-state index is 0.00363. The summed E-state index contributed by atoms with van der Waals surface area (Å²) >= 11 is 12.2. The molecule has 0 saturated heterocycles. The number of carbonyl (C=O) groups excluding carboxylic acids is 1. The highest BCUT2D eigenvalue weighted by Crippen LogP contribution is 2.42. The third-order valence-electron chi connectivity index (χ3n) is 6.62. The number of ether oxygens (including phenoxy) is 1. The number of carbonyl (C=O) groups is 1. The zero-order valence-corrected chi connectivity index (χ0v) is 22.8. The fourth-order valence-electron chi connectivity index (χ4n) is 4.64. The van der Waals surface area contributed by atoms with Crippen LogP contribution in [0.4, 0.5) is 4.39 Å². The van der Waals surface area contributed by atoms with Crippen LogP contribution in [-0.4, -0.2) is 45.2 Å². The Bertz CT molecular complexity index is 1440. The summed E-state index contributed by atoms with van der Waals surface area (Å²) in [4.78, 5) is 18.6. The smallest absolute Gasteiger partial charge is 0.177 e. The molecule has 0 spiro atoms. The first-order chi connectivity index (χ1) is 18.0. The Morgan fingerprint density at radius 3 is 2.34 bits per heavy atom. The van der Waals surface area contributed by atoms with Gasteiger partial charge in [0.05, 0.1) is 16.4 Å². The zero-order valence-electron chi connectivity index (χ0n) is 21.3. The molecular weight excluding hydrogens is 530 g/mol. The Hall–Kier alpha value is -3.14. The van der Waals surface area contributed by atoms with Crippen molar-refractivity contribution < 1.29 is 19.0 Å². The minimum atomic E-state index is -1.66. The number of aliphatic hydroxyl groups is 1. The number of pyridine rings is 1. The van der Waals surface area contributed by atoms with Crippen molar-refractivity contribution in [2.24, 2.45) is 7.05 Å². The van der Waals surface area contributed by atoms with Crippen LogP contribution in [0.25, 0.3) is 0 Å². The highest BCUT2D eigenvalue weighted by atomic mass is 35.5. The van der Waals surface area contributed by atoms with Crippen molar-refractivity contribution in [2.45, 2.75) is 24.8 Å². The van der Waals surface area contributed by atoms with Crippen LogP contribution in [0.1, 0.15) is 45.4 Å². The second kappa shape index (κ2) is 10.9. The van der Waals surface area contributed by atoms with Crippen LogP contribution in [0.2, 0.25) is 10.0 Å². The second-order valence-electron chi connectivity index (χ2n) is 9.17. The van der Waals surface area contributed by atoms with E-state index in [9.17, 15) is 9.90 Å². The molecule has 2 unspecified atom stereocenters. The van der Waals surface area contributed by atoms with Crippen molar-refractivity contribution in [3.63, 3.8) is 0 Å².